The number of pyridine rings is 1. The predicted octanol–water partition coefficient (Wildman–Crippen LogP) is 8.56. The standard InChI is InChI=1S/C31H31N/c1-19(2)22-12-13-24-18-30(21-8-4-5-9-21)32-31(26(24)16-22)29-15-20(3)14-27-25-11-7-6-10-23(25)17-28(27)29/h6-7,10-16,18-19,21H,4-5,8-9,17H2,1-3H3. The van der Waals surface area contributed by atoms with Gasteiger partial charge in [0.15, 0.2) is 0 Å². The molecule has 0 amide bonds. The summed E-state index contributed by atoms with van der Waals surface area (Å²) in [6.45, 7) is 6.79. The van der Waals surface area contributed by atoms with Crippen LogP contribution in [0.1, 0.15) is 79.3 Å². The molecule has 1 aromatic heterocycles. The van der Waals surface area contributed by atoms with E-state index in [1.54, 1.807) is 0 Å². The van der Waals surface area contributed by atoms with Gasteiger partial charge in [0.05, 0.1) is 5.69 Å². The molecule has 6 rings (SSSR count). The summed E-state index contributed by atoms with van der Waals surface area (Å²) in [5, 5.41) is 2.65. The van der Waals surface area contributed by atoms with Gasteiger partial charge in [0.2, 0.25) is 0 Å². The summed E-state index contributed by atoms with van der Waals surface area (Å²) in [5.74, 6) is 1.12. The van der Waals surface area contributed by atoms with Gasteiger partial charge < -0.3 is 0 Å². The number of aromatic nitrogens is 1. The van der Waals surface area contributed by atoms with Crippen LogP contribution in [0, 0.1) is 6.92 Å². The average molecular weight is 418 g/mol. The van der Waals surface area contributed by atoms with E-state index in [-0.39, 0.29) is 0 Å². The van der Waals surface area contributed by atoms with E-state index in [0.717, 1.165) is 6.42 Å². The van der Waals surface area contributed by atoms with Gasteiger partial charge in [-0.1, -0.05) is 69.2 Å². The highest BCUT2D eigenvalue weighted by Gasteiger charge is 2.25. The predicted molar refractivity (Wildman–Crippen MR) is 135 cm³/mol. The second-order valence-electron chi connectivity index (χ2n) is 10.2. The van der Waals surface area contributed by atoms with Crippen molar-refractivity contribution in [3.8, 4) is 22.4 Å². The van der Waals surface area contributed by atoms with Crippen molar-refractivity contribution < 1.29 is 0 Å². The first-order chi connectivity index (χ1) is 15.6. The van der Waals surface area contributed by atoms with Gasteiger partial charge in [-0.25, -0.2) is 0 Å². The van der Waals surface area contributed by atoms with Crippen LogP contribution >= 0.6 is 0 Å². The van der Waals surface area contributed by atoms with E-state index in [1.165, 1.54) is 86.8 Å². The summed E-state index contributed by atoms with van der Waals surface area (Å²) >= 11 is 0. The monoisotopic (exact) mass is 417 g/mol. The van der Waals surface area contributed by atoms with Crippen molar-refractivity contribution in [2.45, 2.75) is 64.7 Å². The Hall–Kier alpha value is -2.93. The molecule has 4 aromatic rings. The summed E-state index contributed by atoms with van der Waals surface area (Å²) < 4.78 is 0. The molecule has 0 spiro atoms. The molecule has 1 fully saturated rings. The largest absolute Gasteiger partial charge is 0.252 e. The molecule has 2 aliphatic carbocycles. The molecule has 0 unspecified atom stereocenters. The third-order valence-electron chi connectivity index (χ3n) is 7.64. The fraction of sp³-hybridized carbons (Fsp3) is 0.323. The number of rotatable bonds is 3. The lowest BCUT2D eigenvalue weighted by Gasteiger charge is -2.18. The summed E-state index contributed by atoms with van der Waals surface area (Å²) in [6.07, 6.45) is 6.23. The van der Waals surface area contributed by atoms with Gasteiger partial charge in [0.1, 0.15) is 0 Å². The molecule has 1 heteroatoms. The highest BCUT2D eigenvalue weighted by molar-refractivity contribution is 5.98. The topological polar surface area (TPSA) is 12.9 Å². The first-order valence-electron chi connectivity index (χ1n) is 12.3. The quantitative estimate of drug-likeness (QED) is 0.286. The van der Waals surface area contributed by atoms with E-state index in [2.05, 4.69) is 81.4 Å². The second-order valence-corrected chi connectivity index (χ2v) is 10.2. The normalized spacial score (nSPS) is 15.5. The van der Waals surface area contributed by atoms with Gasteiger partial charge in [-0.2, -0.15) is 0 Å². The lowest BCUT2D eigenvalue weighted by molar-refractivity contribution is 0.700. The van der Waals surface area contributed by atoms with Crippen molar-refractivity contribution in [1.82, 2.24) is 4.98 Å². The van der Waals surface area contributed by atoms with Crippen LogP contribution in [0.3, 0.4) is 0 Å². The third kappa shape index (κ3) is 3.18. The van der Waals surface area contributed by atoms with Crippen molar-refractivity contribution in [3.63, 3.8) is 0 Å². The molecular formula is C31H31N. The minimum atomic E-state index is 0.509. The molecule has 1 heterocycles. The third-order valence-corrected chi connectivity index (χ3v) is 7.64. The van der Waals surface area contributed by atoms with Gasteiger partial charge in [-0.3, -0.25) is 4.98 Å². The molecule has 0 radical (unpaired) electrons. The van der Waals surface area contributed by atoms with Crippen LogP contribution in [0.5, 0.6) is 0 Å². The molecule has 0 bridgehead atoms. The summed E-state index contributed by atoms with van der Waals surface area (Å²) in [4.78, 5) is 5.44. The SMILES string of the molecule is Cc1cc2c(c(-c3nc(C4CCCC4)cc4ccc(C(C)C)cc34)c1)Cc1ccccc1-2. The Labute approximate surface area is 191 Å². The minimum absolute atomic E-state index is 0.509. The van der Waals surface area contributed by atoms with Crippen molar-refractivity contribution in [3.05, 3.63) is 88.6 Å². The smallest absolute Gasteiger partial charge is 0.0787 e. The number of aryl methyl sites for hydroxylation is 1. The Kier molecular flexibility index (Phi) is 4.68. The first-order valence-corrected chi connectivity index (χ1v) is 12.3. The minimum Gasteiger partial charge on any atom is -0.252 e. The zero-order valence-electron chi connectivity index (χ0n) is 19.4. The molecule has 0 saturated heterocycles. The Morgan fingerprint density at radius 1 is 0.844 bits per heavy atom. The number of fused-ring (bicyclic) bond motifs is 4. The molecule has 3 aromatic carbocycles. The zero-order valence-corrected chi connectivity index (χ0v) is 19.4. The van der Waals surface area contributed by atoms with Gasteiger partial charge in [-0.05, 0) is 89.1 Å². The lowest BCUT2D eigenvalue weighted by atomic mass is 9.90. The number of hydrogen-bond donors (Lipinski definition) is 0. The highest BCUT2D eigenvalue weighted by Crippen LogP contribution is 2.44. The zero-order chi connectivity index (χ0) is 21.8. The maximum Gasteiger partial charge on any atom is 0.0787 e. The van der Waals surface area contributed by atoms with Crippen molar-refractivity contribution in [1.29, 1.82) is 0 Å². The number of benzene rings is 3. The Bertz CT molecular complexity index is 1340. The van der Waals surface area contributed by atoms with E-state index in [1.807, 2.05) is 0 Å². The average Bonchev–Trinajstić information content (AvgIpc) is 3.46. The van der Waals surface area contributed by atoms with Crippen molar-refractivity contribution in [2.24, 2.45) is 0 Å². The van der Waals surface area contributed by atoms with Crippen LogP contribution in [0.15, 0.2) is 60.7 Å². The van der Waals surface area contributed by atoms with Gasteiger partial charge in [0.25, 0.3) is 0 Å². The molecule has 0 atom stereocenters. The lowest BCUT2D eigenvalue weighted by Crippen LogP contribution is -2.01. The van der Waals surface area contributed by atoms with Crippen LogP contribution in [0.2, 0.25) is 0 Å². The summed E-state index contributed by atoms with van der Waals surface area (Å²) in [5.41, 5.74) is 12.2. The summed E-state index contributed by atoms with van der Waals surface area (Å²) in [6, 6.07) is 23.1. The molecule has 2 aliphatic rings. The molecule has 0 aliphatic heterocycles. The maximum absolute atomic E-state index is 5.44. The van der Waals surface area contributed by atoms with Crippen LogP contribution < -0.4 is 0 Å². The van der Waals surface area contributed by atoms with Crippen molar-refractivity contribution >= 4 is 10.8 Å². The second kappa shape index (κ2) is 7.59. The van der Waals surface area contributed by atoms with E-state index in [9.17, 15) is 0 Å². The van der Waals surface area contributed by atoms with E-state index >= 15 is 0 Å². The van der Waals surface area contributed by atoms with Crippen molar-refractivity contribution in [2.75, 3.05) is 0 Å². The van der Waals surface area contributed by atoms with Gasteiger partial charge in [-0.15, -0.1) is 0 Å². The Balaban J connectivity index is 1.63. The van der Waals surface area contributed by atoms with E-state index in [0.29, 0.717) is 11.8 Å². The molecule has 1 saturated carbocycles. The molecule has 32 heavy (non-hydrogen) atoms. The summed E-state index contributed by atoms with van der Waals surface area (Å²) in [7, 11) is 0. The van der Waals surface area contributed by atoms with E-state index < -0.39 is 0 Å². The van der Waals surface area contributed by atoms with Crippen LogP contribution in [0.25, 0.3) is 33.2 Å². The highest BCUT2D eigenvalue weighted by atomic mass is 14.7. The van der Waals surface area contributed by atoms with Crippen LogP contribution in [0.4, 0.5) is 0 Å². The Morgan fingerprint density at radius 3 is 2.44 bits per heavy atom. The fourth-order valence-electron chi connectivity index (χ4n) is 5.87. The molecule has 0 N–H and O–H groups in total. The molecule has 160 valence electrons. The van der Waals surface area contributed by atoms with E-state index in [4.69, 9.17) is 4.98 Å². The van der Waals surface area contributed by atoms with Gasteiger partial charge in [0, 0.05) is 22.6 Å². The molecular weight excluding hydrogens is 386 g/mol. The molecule has 1 nitrogen and oxygen atoms in total. The van der Waals surface area contributed by atoms with Crippen LogP contribution in [-0.4, -0.2) is 4.98 Å². The maximum atomic E-state index is 5.44. The first kappa shape index (κ1) is 19.7. The Morgan fingerprint density at radius 2 is 1.62 bits per heavy atom. The number of nitrogens with zero attached hydrogens (tertiary/aromatic N) is 1. The van der Waals surface area contributed by atoms with Crippen LogP contribution in [-0.2, 0) is 6.42 Å². The van der Waals surface area contributed by atoms with Gasteiger partial charge >= 0.3 is 0 Å². The number of hydrogen-bond acceptors (Lipinski definition) is 1. The fourth-order valence-corrected chi connectivity index (χ4v) is 5.87.